The first-order valence-corrected chi connectivity index (χ1v) is 11.2. The Balaban J connectivity index is 1.88. The van der Waals surface area contributed by atoms with Gasteiger partial charge in [0.05, 0.1) is 11.1 Å². The number of nitrogens with zero attached hydrogens (tertiary/aromatic N) is 3. The van der Waals surface area contributed by atoms with Crippen molar-refractivity contribution >= 4 is 39.5 Å². The maximum Gasteiger partial charge on any atom is 0.268 e. The van der Waals surface area contributed by atoms with Crippen molar-refractivity contribution in [2.75, 3.05) is 0 Å². The number of hydrogen-bond donors (Lipinski definition) is 1. The number of H-pyrrole nitrogens is 1. The molecule has 29 heavy (non-hydrogen) atoms. The van der Waals surface area contributed by atoms with Crippen molar-refractivity contribution in [3.05, 3.63) is 55.4 Å². The lowest BCUT2D eigenvalue weighted by Gasteiger charge is -2.33. The van der Waals surface area contributed by atoms with Crippen molar-refractivity contribution < 1.29 is 0 Å². The van der Waals surface area contributed by atoms with E-state index in [1.54, 1.807) is 15.9 Å². The number of hydrogen-bond acceptors (Lipinski definition) is 4. The molecule has 1 aliphatic carbocycles. The van der Waals surface area contributed by atoms with Crippen molar-refractivity contribution in [2.45, 2.75) is 47.0 Å². The predicted octanol–water partition coefficient (Wildman–Crippen LogP) is 5.22. The fourth-order valence-corrected chi connectivity index (χ4v) is 6.24. The Morgan fingerprint density at radius 2 is 2.03 bits per heavy atom. The molecule has 5 rings (SSSR count). The van der Waals surface area contributed by atoms with Gasteiger partial charge in [-0.1, -0.05) is 39.0 Å². The van der Waals surface area contributed by atoms with Gasteiger partial charge in [0, 0.05) is 4.88 Å². The van der Waals surface area contributed by atoms with E-state index in [1.165, 1.54) is 10.4 Å². The Bertz CT molecular complexity index is 1380. The minimum Gasteiger partial charge on any atom is -0.268 e. The number of rotatable bonds is 1. The Morgan fingerprint density at radius 1 is 1.28 bits per heavy atom. The molecule has 0 radical (unpaired) electrons. The van der Waals surface area contributed by atoms with Gasteiger partial charge in [-0.15, -0.1) is 16.4 Å². The maximum atomic E-state index is 13.8. The lowest BCUT2D eigenvalue weighted by molar-refractivity contribution is 0.218. The van der Waals surface area contributed by atoms with Gasteiger partial charge in [-0.05, 0) is 66.9 Å². The lowest BCUT2D eigenvalue weighted by Crippen LogP contribution is -2.27. The first-order chi connectivity index (χ1) is 13.8. The molecule has 0 saturated heterocycles. The fraction of sp³-hybridized carbons (Fsp3) is 0.409. The van der Waals surface area contributed by atoms with Gasteiger partial charge in [-0.25, -0.2) is 14.1 Å². The van der Waals surface area contributed by atoms with Gasteiger partial charge in [0.1, 0.15) is 4.83 Å². The largest absolute Gasteiger partial charge is 0.268 e. The third kappa shape index (κ3) is 2.74. The first-order valence-electron chi connectivity index (χ1n) is 9.99. The van der Waals surface area contributed by atoms with Crippen molar-refractivity contribution in [2.24, 2.45) is 11.3 Å². The van der Waals surface area contributed by atoms with E-state index >= 15 is 0 Å². The molecular weight excluding hydrogens is 400 g/mol. The van der Waals surface area contributed by atoms with Crippen LogP contribution in [0.2, 0.25) is 0 Å². The summed E-state index contributed by atoms with van der Waals surface area (Å²) in [5.41, 5.74) is 3.35. The molecule has 0 bridgehead atoms. The summed E-state index contributed by atoms with van der Waals surface area (Å²) in [6.45, 7) is 8.95. The molecule has 1 aromatic carbocycles. The molecule has 1 N–H and O–H groups in total. The van der Waals surface area contributed by atoms with E-state index in [1.807, 2.05) is 35.6 Å². The zero-order chi connectivity index (χ0) is 20.5. The third-order valence-electron chi connectivity index (χ3n) is 6.30. The highest BCUT2D eigenvalue weighted by Gasteiger charge is 2.32. The molecule has 7 heteroatoms. The molecule has 0 spiro atoms. The standard InChI is InChI=1S/C22H24N4OS2/c1-12-7-5-6-8-15(12)25-18(27)17-14-10-9-13(22(2,3)4)11-16(14)29-19(17)26-20(25)23-24-21(26)28/h5-8,13H,9-11H2,1-4H3,(H,24,28). The molecule has 150 valence electrons. The quantitative estimate of drug-likeness (QED) is 0.426. The summed E-state index contributed by atoms with van der Waals surface area (Å²) in [6, 6.07) is 7.91. The van der Waals surface area contributed by atoms with Crippen LogP contribution in [-0.4, -0.2) is 19.2 Å². The van der Waals surface area contributed by atoms with Crippen molar-refractivity contribution in [1.82, 2.24) is 19.2 Å². The van der Waals surface area contributed by atoms with E-state index in [9.17, 15) is 4.79 Å². The molecule has 1 unspecified atom stereocenters. The van der Waals surface area contributed by atoms with E-state index in [0.29, 0.717) is 16.5 Å². The minimum absolute atomic E-state index is 0.00232. The topological polar surface area (TPSA) is 55.1 Å². The molecule has 1 aliphatic rings. The number of aromatic nitrogens is 4. The van der Waals surface area contributed by atoms with E-state index in [2.05, 4.69) is 31.0 Å². The smallest absolute Gasteiger partial charge is 0.268 e. The van der Waals surface area contributed by atoms with Gasteiger partial charge in [0.2, 0.25) is 10.5 Å². The summed E-state index contributed by atoms with van der Waals surface area (Å²) in [7, 11) is 0. The fourth-order valence-electron chi connectivity index (χ4n) is 4.54. The Kier molecular flexibility index (Phi) is 4.12. The van der Waals surface area contributed by atoms with E-state index in [4.69, 9.17) is 12.2 Å². The van der Waals surface area contributed by atoms with E-state index < -0.39 is 0 Å². The monoisotopic (exact) mass is 424 g/mol. The second-order valence-electron chi connectivity index (χ2n) is 9.08. The molecule has 0 amide bonds. The highest BCUT2D eigenvalue weighted by Crippen LogP contribution is 2.42. The highest BCUT2D eigenvalue weighted by molar-refractivity contribution is 7.71. The summed E-state index contributed by atoms with van der Waals surface area (Å²) < 4.78 is 4.18. The minimum atomic E-state index is 0.00232. The number of nitrogens with one attached hydrogen (secondary N) is 1. The number of aryl methyl sites for hydroxylation is 2. The molecule has 1 atom stereocenters. The van der Waals surface area contributed by atoms with Crippen LogP contribution in [0.1, 0.15) is 43.2 Å². The number of thiophene rings is 1. The number of para-hydroxylation sites is 1. The summed E-state index contributed by atoms with van der Waals surface area (Å²) in [6.07, 6.45) is 3.08. The van der Waals surface area contributed by atoms with Gasteiger partial charge in [0.25, 0.3) is 5.56 Å². The van der Waals surface area contributed by atoms with Crippen molar-refractivity contribution in [3.8, 4) is 5.69 Å². The molecule has 0 fully saturated rings. The molecule has 0 saturated carbocycles. The molecule has 5 nitrogen and oxygen atoms in total. The van der Waals surface area contributed by atoms with Crippen LogP contribution < -0.4 is 5.56 Å². The number of aromatic amines is 1. The van der Waals surface area contributed by atoms with Crippen LogP contribution >= 0.6 is 23.6 Å². The van der Waals surface area contributed by atoms with Gasteiger partial charge in [-0.3, -0.25) is 4.79 Å². The Morgan fingerprint density at radius 3 is 2.76 bits per heavy atom. The van der Waals surface area contributed by atoms with Crippen LogP contribution in [0.3, 0.4) is 0 Å². The molecule has 3 heterocycles. The Hall–Kier alpha value is -2.25. The molecular formula is C22H24N4OS2. The van der Waals surface area contributed by atoms with Gasteiger partial charge >= 0.3 is 0 Å². The summed E-state index contributed by atoms with van der Waals surface area (Å²) >= 11 is 7.27. The van der Waals surface area contributed by atoms with Crippen LogP contribution in [0.4, 0.5) is 0 Å². The maximum absolute atomic E-state index is 13.8. The summed E-state index contributed by atoms with van der Waals surface area (Å²) in [4.78, 5) is 16.0. The number of benzene rings is 1. The SMILES string of the molecule is Cc1ccccc1-n1c(=O)c2c3c(sc2n2c(=S)[nH]nc12)CC(C(C)(C)C)CC3. The highest BCUT2D eigenvalue weighted by atomic mass is 32.1. The average molecular weight is 425 g/mol. The second-order valence-corrected chi connectivity index (χ2v) is 10.6. The van der Waals surface area contributed by atoms with Crippen LogP contribution in [0, 0.1) is 23.0 Å². The van der Waals surface area contributed by atoms with Crippen molar-refractivity contribution in [3.63, 3.8) is 0 Å². The van der Waals surface area contributed by atoms with Gasteiger partial charge in [0.15, 0.2) is 0 Å². The molecule has 0 aliphatic heterocycles. The second kappa shape index (κ2) is 6.37. The molecule has 4 aromatic rings. The average Bonchev–Trinajstić information content (AvgIpc) is 3.22. The molecule has 3 aromatic heterocycles. The third-order valence-corrected chi connectivity index (χ3v) is 7.82. The van der Waals surface area contributed by atoms with Gasteiger partial charge in [-0.2, -0.15) is 0 Å². The zero-order valence-corrected chi connectivity index (χ0v) is 18.7. The number of fused-ring (bicyclic) bond motifs is 5. The zero-order valence-electron chi connectivity index (χ0n) is 17.1. The Labute approximate surface area is 178 Å². The first kappa shape index (κ1) is 18.8. The van der Waals surface area contributed by atoms with Crippen LogP contribution in [-0.2, 0) is 12.8 Å². The van der Waals surface area contributed by atoms with Crippen LogP contribution in [0.25, 0.3) is 21.7 Å². The summed E-state index contributed by atoms with van der Waals surface area (Å²) in [5.74, 6) is 1.17. The summed E-state index contributed by atoms with van der Waals surface area (Å²) in [5, 5.41) is 8.13. The normalized spacial score (nSPS) is 17.2. The van der Waals surface area contributed by atoms with Crippen LogP contribution in [0.15, 0.2) is 29.1 Å². The predicted molar refractivity (Wildman–Crippen MR) is 121 cm³/mol. The van der Waals surface area contributed by atoms with Crippen LogP contribution in [0.5, 0.6) is 0 Å². The van der Waals surface area contributed by atoms with E-state index in [-0.39, 0.29) is 11.0 Å². The van der Waals surface area contributed by atoms with Crippen molar-refractivity contribution in [1.29, 1.82) is 0 Å². The lowest BCUT2D eigenvalue weighted by atomic mass is 9.72. The van der Waals surface area contributed by atoms with E-state index in [0.717, 1.165) is 40.7 Å². The van der Waals surface area contributed by atoms with Gasteiger partial charge < -0.3 is 0 Å².